The topological polar surface area (TPSA) is 66.3 Å². The molecule has 0 radical (unpaired) electrons. The van der Waals surface area contributed by atoms with Gasteiger partial charge in [0.2, 0.25) is 0 Å². The van der Waals surface area contributed by atoms with Crippen molar-refractivity contribution in [3.8, 4) is 0 Å². The number of nitrogens with zero attached hydrogens (tertiary/aromatic N) is 3. The summed E-state index contributed by atoms with van der Waals surface area (Å²) < 4.78 is 0. The normalized spacial score (nSPS) is 12.5. The molecule has 106 valence electrons. The number of anilines is 1. The Bertz CT molecular complexity index is 446. The molecule has 19 heavy (non-hydrogen) atoms. The molecule has 0 saturated heterocycles. The number of carboxylic acids is 1. The maximum absolute atomic E-state index is 11.0. The Morgan fingerprint density at radius 3 is 2.47 bits per heavy atom. The van der Waals surface area contributed by atoms with Crippen LogP contribution in [0.25, 0.3) is 0 Å². The van der Waals surface area contributed by atoms with Gasteiger partial charge in [-0.25, -0.2) is 9.97 Å². The summed E-state index contributed by atoms with van der Waals surface area (Å²) in [5, 5.41) is 9.05. The van der Waals surface area contributed by atoms with Crippen LogP contribution in [0.2, 0.25) is 0 Å². The van der Waals surface area contributed by atoms with Crippen molar-refractivity contribution in [3.63, 3.8) is 0 Å². The fourth-order valence-corrected chi connectivity index (χ4v) is 1.81. The van der Waals surface area contributed by atoms with E-state index in [0.29, 0.717) is 5.82 Å². The summed E-state index contributed by atoms with van der Waals surface area (Å²) in [4.78, 5) is 21.7. The van der Waals surface area contributed by atoms with Crippen molar-refractivity contribution in [2.75, 3.05) is 11.4 Å². The Balaban J connectivity index is 3.17. The SMILES string of the molecule is CCC(C)N(CC(=O)O)c1cc(C)nc(C(C)C)n1. The highest BCUT2D eigenvalue weighted by Crippen LogP contribution is 2.20. The van der Waals surface area contributed by atoms with Gasteiger partial charge in [-0.3, -0.25) is 4.79 Å². The maximum atomic E-state index is 11.0. The van der Waals surface area contributed by atoms with Gasteiger partial charge < -0.3 is 10.0 Å². The van der Waals surface area contributed by atoms with Crippen molar-refractivity contribution in [2.24, 2.45) is 0 Å². The lowest BCUT2D eigenvalue weighted by Gasteiger charge is -2.28. The third kappa shape index (κ3) is 4.19. The van der Waals surface area contributed by atoms with Crippen LogP contribution in [-0.4, -0.2) is 33.6 Å². The minimum atomic E-state index is -0.845. The molecular weight excluding hydrogens is 242 g/mol. The first kappa shape index (κ1) is 15.4. The first-order chi connectivity index (χ1) is 8.85. The number of carboxylic acid groups (broad SMARTS) is 1. The summed E-state index contributed by atoms with van der Waals surface area (Å²) in [5.41, 5.74) is 0.868. The van der Waals surface area contributed by atoms with Crippen molar-refractivity contribution in [2.45, 2.75) is 53.0 Å². The van der Waals surface area contributed by atoms with Gasteiger partial charge in [0.1, 0.15) is 18.2 Å². The van der Waals surface area contributed by atoms with Crippen LogP contribution in [-0.2, 0) is 4.79 Å². The maximum Gasteiger partial charge on any atom is 0.323 e. The zero-order valence-corrected chi connectivity index (χ0v) is 12.3. The number of hydrogen-bond donors (Lipinski definition) is 1. The summed E-state index contributed by atoms with van der Waals surface area (Å²) in [6.45, 7) is 9.98. The lowest BCUT2D eigenvalue weighted by molar-refractivity contribution is -0.135. The highest BCUT2D eigenvalue weighted by atomic mass is 16.4. The predicted octanol–water partition coefficient (Wildman–Crippen LogP) is 2.60. The molecule has 1 unspecified atom stereocenters. The lowest BCUT2D eigenvalue weighted by Crippen LogP contribution is -2.38. The molecule has 1 atom stereocenters. The monoisotopic (exact) mass is 265 g/mol. The Labute approximate surface area is 114 Å². The van der Waals surface area contributed by atoms with Crippen molar-refractivity contribution in [1.82, 2.24) is 9.97 Å². The molecule has 0 aromatic carbocycles. The van der Waals surface area contributed by atoms with Gasteiger partial charge in [0.05, 0.1) is 0 Å². The van der Waals surface area contributed by atoms with Crippen LogP contribution in [0.5, 0.6) is 0 Å². The standard InChI is InChI=1S/C14H23N3O2/c1-6-11(5)17(8-13(18)19)12-7-10(4)15-14(16-12)9(2)3/h7,9,11H,6,8H2,1-5H3,(H,18,19). The minimum Gasteiger partial charge on any atom is -0.480 e. The highest BCUT2D eigenvalue weighted by molar-refractivity contribution is 5.73. The number of aromatic nitrogens is 2. The third-order valence-corrected chi connectivity index (χ3v) is 3.10. The average molecular weight is 265 g/mol. The van der Waals surface area contributed by atoms with E-state index in [1.54, 1.807) is 0 Å². The number of aryl methyl sites for hydroxylation is 1. The van der Waals surface area contributed by atoms with Crippen molar-refractivity contribution >= 4 is 11.8 Å². The van der Waals surface area contributed by atoms with E-state index < -0.39 is 5.97 Å². The molecule has 0 spiro atoms. The Hall–Kier alpha value is -1.65. The summed E-state index contributed by atoms with van der Waals surface area (Å²) >= 11 is 0. The molecule has 0 aliphatic rings. The number of rotatable bonds is 6. The van der Waals surface area contributed by atoms with E-state index in [2.05, 4.69) is 9.97 Å². The molecule has 5 heteroatoms. The summed E-state index contributed by atoms with van der Waals surface area (Å²) in [5.74, 6) is 0.839. The minimum absolute atomic E-state index is 0.0387. The smallest absolute Gasteiger partial charge is 0.323 e. The Morgan fingerprint density at radius 1 is 1.37 bits per heavy atom. The van der Waals surface area contributed by atoms with Gasteiger partial charge >= 0.3 is 5.97 Å². The molecule has 0 amide bonds. The fourth-order valence-electron chi connectivity index (χ4n) is 1.81. The quantitative estimate of drug-likeness (QED) is 0.856. The van der Waals surface area contributed by atoms with E-state index in [0.717, 1.165) is 17.9 Å². The van der Waals surface area contributed by atoms with E-state index in [-0.39, 0.29) is 18.5 Å². The summed E-state index contributed by atoms with van der Waals surface area (Å²) in [6, 6.07) is 1.98. The zero-order valence-electron chi connectivity index (χ0n) is 12.3. The first-order valence-corrected chi connectivity index (χ1v) is 6.69. The van der Waals surface area contributed by atoms with Gasteiger partial charge in [0.25, 0.3) is 0 Å². The van der Waals surface area contributed by atoms with Crippen LogP contribution < -0.4 is 4.90 Å². The van der Waals surface area contributed by atoms with E-state index >= 15 is 0 Å². The molecular formula is C14H23N3O2. The van der Waals surface area contributed by atoms with Gasteiger partial charge in [0, 0.05) is 23.7 Å². The molecule has 1 aromatic heterocycles. The van der Waals surface area contributed by atoms with Crippen LogP contribution in [0, 0.1) is 6.92 Å². The van der Waals surface area contributed by atoms with Crippen LogP contribution in [0.4, 0.5) is 5.82 Å². The second-order valence-electron chi connectivity index (χ2n) is 5.16. The molecule has 0 fully saturated rings. The highest BCUT2D eigenvalue weighted by Gasteiger charge is 2.19. The molecule has 1 heterocycles. The molecule has 1 N–H and O–H groups in total. The van der Waals surface area contributed by atoms with Crippen molar-refractivity contribution in [1.29, 1.82) is 0 Å². The molecule has 0 bridgehead atoms. The van der Waals surface area contributed by atoms with E-state index in [4.69, 9.17) is 5.11 Å². The van der Waals surface area contributed by atoms with Gasteiger partial charge in [-0.1, -0.05) is 20.8 Å². The largest absolute Gasteiger partial charge is 0.480 e. The number of aliphatic carboxylic acids is 1. The molecule has 5 nitrogen and oxygen atoms in total. The third-order valence-electron chi connectivity index (χ3n) is 3.10. The molecule has 1 rings (SSSR count). The van der Waals surface area contributed by atoms with Crippen LogP contribution >= 0.6 is 0 Å². The Kier molecular flexibility index (Phi) is 5.27. The van der Waals surface area contributed by atoms with Crippen molar-refractivity contribution in [3.05, 3.63) is 17.6 Å². The first-order valence-electron chi connectivity index (χ1n) is 6.69. The number of hydrogen-bond acceptors (Lipinski definition) is 4. The molecule has 0 aliphatic heterocycles. The van der Waals surface area contributed by atoms with Crippen LogP contribution in [0.15, 0.2) is 6.07 Å². The predicted molar refractivity (Wildman–Crippen MR) is 75.6 cm³/mol. The summed E-state index contributed by atoms with van der Waals surface area (Å²) in [6.07, 6.45) is 0.868. The average Bonchev–Trinajstić information content (AvgIpc) is 2.33. The molecule has 0 saturated carbocycles. The molecule has 0 aliphatic carbocycles. The Morgan fingerprint density at radius 2 is 2.00 bits per heavy atom. The fraction of sp³-hybridized carbons (Fsp3) is 0.643. The zero-order chi connectivity index (χ0) is 14.6. The summed E-state index contributed by atoms with van der Waals surface area (Å²) in [7, 11) is 0. The van der Waals surface area contributed by atoms with E-state index in [1.807, 2.05) is 45.6 Å². The van der Waals surface area contributed by atoms with Crippen LogP contribution in [0.3, 0.4) is 0 Å². The van der Waals surface area contributed by atoms with E-state index in [9.17, 15) is 4.79 Å². The second kappa shape index (κ2) is 6.50. The lowest BCUT2D eigenvalue weighted by atomic mass is 10.2. The van der Waals surface area contributed by atoms with Gasteiger partial charge in [0.15, 0.2) is 0 Å². The van der Waals surface area contributed by atoms with E-state index in [1.165, 1.54) is 0 Å². The van der Waals surface area contributed by atoms with Crippen molar-refractivity contribution < 1.29 is 9.90 Å². The second-order valence-corrected chi connectivity index (χ2v) is 5.16. The molecule has 1 aromatic rings. The van der Waals surface area contributed by atoms with Gasteiger partial charge in [-0.2, -0.15) is 0 Å². The van der Waals surface area contributed by atoms with Crippen LogP contribution in [0.1, 0.15) is 51.6 Å². The van der Waals surface area contributed by atoms with Gasteiger partial charge in [-0.05, 0) is 20.3 Å². The number of carbonyl (C=O) groups is 1. The van der Waals surface area contributed by atoms with Gasteiger partial charge in [-0.15, -0.1) is 0 Å².